The van der Waals surface area contributed by atoms with Crippen LogP contribution in [0.2, 0.25) is 0 Å². The molecule has 0 aliphatic carbocycles. The molecule has 1 aliphatic rings. The summed E-state index contributed by atoms with van der Waals surface area (Å²) in [5, 5.41) is 8.20. The fraction of sp³-hybridized carbons (Fsp3) is 0.650. The molecule has 6 atom stereocenters. The summed E-state index contributed by atoms with van der Waals surface area (Å²) in [7, 11) is 3.67. The zero-order valence-corrected chi connectivity index (χ0v) is 33.9. The highest BCUT2D eigenvalue weighted by Gasteiger charge is 2.36. The maximum atomic E-state index is 14.2. The summed E-state index contributed by atoms with van der Waals surface area (Å²) in [5.74, 6) is -1.68. The van der Waals surface area contributed by atoms with E-state index < -0.39 is 29.9 Å². The standard InChI is InChI=1S/C40H61N5O7S/c1-10-51-40(50)27(6)21-30(22-29-15-12-11-13-16-29)41-36(47)32-24-53-38(43-32)35(52-28(7)46)23-34(26(4)5)45(9)39(49)31(19-18-25(2)3)42-37(48)33-17-14-20-44(33)8/h11-13,15-16,24-27,30-31,33-35H,10,14,17-23H2,1-9H3,(H,41,47)(H,42,48)/t27-,30+,31-,33+,34+,35+/m0/s1. The Bertz CT molecular complexity index is 1500. The fourth-order valence-corrected chi connectivity index (χ4v) is 7.71. The van der Waals surface area contributed by atoms with Crippen LogP contribution in [0.5, 0.6) is 0 Å². The van der Waals surface area contributed by atoms with E-state index in [-0.39, 0.29) is 60.5 Å². The van der Waals surface area contributed by atoms with Gasteiger partial charge in [0, 0.05) is 37.9 Å². The van der Waals surface area contributed by atoms with E-state index in [0.717, 1.165) is 31.4 Å². The Kier molecular flexibility index (Phi) is 17.4. The van der Waals surface area contributed by atoms with Gasteiger partial charge in [0.15, 0.2) is 6.10 Å². The van der Waals surface area contributed by atoms with Crippen LogP contribution >= 0.6 is 11.3 Å². The molecular weight excluding hydrogens is 695 g/mol. The van der Waals surface area contributed by atoms with Crippen molar-refractivity contribution in [2.75, 3.05) is 27.2 Å². The normalized spacial score (nSPS) is 17.5. The fourth-order valence-electron chi connectivity index (χ4n) is 6.87. The highest BCUT2D eigenvalue weighted by Crippen LogP contribution is 2.31. The number of rotatable bonds is 20. The van der Waals surface area contributed by atoms with Crippen LogP contribution in [0, 0.1) is 17.8 Å². The molecule has 1 fully saturated rings. The van der Waals surface area contributed by atoms with Gasteiger partial charge >= 0.3 is 11.9 Å². The maximum Gasteiger partial charge on any atom is 0.308 e. The van der Waals surface area contributed by atoms with E-state index in [0.29, 0.717) is 30.2 Å². The molecule has 0 spiro atoms. The van der Waals surface area contributed by atoms with Crippen LogP contribution < -0.4 is 10.6 Å². The Hall–Kier alpha value is -3.84. The van der Waals surface area contributed by atoms with Crippen molar-refractivity contribution in [2.45, 2.75) is 124 Å². The van der Waals surface area contributed by atoms with E-state index in [4.69, 9.17) is 9.47 Å². The van der Waals surface area contributed by atoms with Crippen LogP contribution in [0.3, 0.4) is 0 Å². The Morgan fingerprint density at radius 1 is 1.02 bits per heavy atom. The minimum absolute atomic E-state index is 0.0349. The second-order valence-corrected chi connectivity index (χ2v) is 16.0. The third-order valence-corrected chi connectivity index (χ3v) is 10.8. The van der Waals surface area contributed by atoms with E-state index in [2.05, 4.69) is 29.5 Å². The summed E-state index contributed by atoms with van der Waals surface area (Å²) in [6.07, 6.45) is 3.29. The monoisotopic (exact) mass is 755 g/mol. The largest absolute Gasteiger partial charge is 0.466 e. The van der Waals surface area contributed by atoms with Gasteiger partial charge in [0.2, 0.25) is 11.8 Å². The van der Waals surface area contributed by atoms with Gasteiger partial charge in [-0.2, -0.15) is 0 Å². The van der Waals surface area contributed by atoms with Gasteiger partial charge in [0.1, 0.15) is 16.7 Å². The van der Waals surface area contributed by atoms with E-state index in [1.165, 1.54) is 18.3 Å². The first-order valence-electron chi connectivity index (χ1n) is 19.0. The number of benzene rings is 1. The number of hydrogen-bond donors (Lipinski definition) is 2. The third kappa shape index (κ3) is 13.5. The number of carbonyl (C=O) groups is 5. The van der Waals surface area contributed by atoms with Crippen molar-refractivity contribution in [1.29, 1.82) is 0 Å². The van der Waals surface area contributed by atoms with Gasteiger partial charge < -0.3 is 25.0 Å². The highest BCUT2D eigenvalue weighted by atomic mass is 32.1. The van der Waals surface area contributed by atoms with Gasteiger partial charge in [0.05, 0.1) is 18.6 Å². The molecule has 0 radical (unpaired) electrons. The Labute approximate surface area is 319 Å². The number of nitrogens with zero attached hydrogens (tertiary/aromatic N) is 3. The van der Waals surface area contributed by atoms with Crippen molar-refractivity contribution in [3.8, 4) is 0 Å². The Morgan fingerprint density at radius 3 is 2.30 bits per heavy atom. The van der Waals surface area contributed by atoms with Gasteiger partial charge in [-0.3, -0.25) is 28.9 Å². The van der Waals surface area contributed by atoms with Crippen molar-refractivity contribution in [2.24, 2.45) is 17.8 Å². The summed E-state index contributed by atoms with van der Waals surface area (Å²) in [6.45, 7) is 14.2. The molecule has 0 bridgehead atoms. The van der Waals surface area contributed by atoms with Gasteiger partial charge in [-0.15, -0.1) is 11.3 Å². The maximum absolute atomic E-state index is 14.2. The first kappa shape index (κ1) is 43.6. The molecular formula is C40H61N5O7S. The van der Waals surface area contributed by atoms with Crippen LogP contribution in [0.4, 0.5) is 0 Å². The summed E-state index contributed by atoms with van der Waals surface area (Å²) < 4.78 is 11.0. The summed E-state index contributed by atoms with van der Waals surface area (Å²) >= 11 is 1.21. The Balaban J connectivity index is 1.81. The van der Waals surface area contributed by atoms with Crippen LogP contribution in [-0.2, 0) is 35.1 Å². The van der Waals surface area contributed by atoms with Gasteiger partial charge in [-0.25, -0.2) is 4.98 Å². The molecule has 294 valence electrons. The number of hydrogen-bond acceptors (Lipinski definition) is 10. The van der Waals surface area contributed by atoms with Crippen LogP contribution in [0.15, 0.2) is 35.7 Å². The molecule has 0 unspecified atom stereocenters. The number of nitrogens with one attached hydrogen (secondary N) is 2. The molecule has 2 N–H and O–H groups in total. The number of ether oxygens (including phenoxy) is 2. The Morgan fingerprint density at radius 2 is 1.72 bits per heavy atom. The van der Waals surface area contributed by atoms with Crippen LogP contribution in [0.1, 0.15) is 114 Å². The number of aromatic nitrogens is 1. The predicted octanol–water partition coefficient (Wildman–Crippen LogP) is 5.57. The molecule has 1 aromatic carbocycles. The first-order valence-corrected chi connectivity index (χ1v) is 19.9. The lowest BCUT2D eigenvalue weighted by Crippen LogP contribution is -2.54. The lowest BCUT2D eigenvalue weighted by Gasteiger charge is -2.36. The number of amides is 3. The second-order valence-electron chi connectivity index (χ2n) is 15.1. The van der Waals surface area contributed by atoms with E-state index in [9.17, 15) is 24.0 Å². The third-order valence-electron chi connectivity index (χ3n) is 9.87. The summed E-state index contributed by atoms with van der Waals surface area (Å²) in [6, 6.07) is 8.03. The average molecular weight is 756 g/mol. The van der Waals surface area contributed by atoms with E-state index in [1.54, 1.807) is 31.2 Å². The molecule has 13 heteroatoms. The van der Waals surface area contributed by atoms with Crippen molar-refractivity contribution in [3.05, 3.63) is 52.0 Å². The number of esters is 2. The lowest BCUT2D eigenvalue weighted by atomic mass is 9.94. The van der Waals surface area contributed by atoms with Crippen LogP contribution in [-0.4, -0.2) is 95.9 Å². The van der Waals surface area contributed by atoms with Gasteiger partial charge in [0.25, 0.3) is 5.91 Å². The minimum atomic E-state index is -0.818. The molecule has 53 heavy (non-hydrogen) atoms. The van der Waals surface area contributed by atoms with Crippen molar-refractivity contribution < 1.29 is 33.4 Å². The summed E-state index contributed by atoms with van der Waals surface area (Å²) in [5.41, 5.74) is 1.18. The van der Waals surface area contributed by atoms with Crippen LogP contribution in [0.25, 0.3) is 0 Å². The molecule has 1 aliphatic heterocycles. The lowest BCUT2D eigenvalue weighted by molar-refractivity contribution is -0.149. The number of likely N-dealkylation sites (N-methyl/N-ethyl adjacent to an activating group) is 2. The number of likely N-dealkylation sites (tertiary alicyclic amines) is 1. The van der Waals surface area contributed by atoms with Crippen molar-refractivity contribution >= 4 is 41.0 Å². The first-order chi connectivity index (χ1) is 25.1. The molecule has 1 saturated heterocycles. The summed E-state index contributed by atoms with van der Waals surface area (Å²) in [4.78, 5) is 74.2. The molecule has 1 aromatic heterocycles. The number of carbonyl (C=O) groups excluding carboxylic acids is 5. The smallest absolute Gasteiger partial charge is 0.308 e. The number of thiazole rings is 1. The van der Waals surface area contributed by atoms with E-state index >= 15 is 0 Å². The molecule has 2 aromatic rings. The zero-order chi connectivity index (χ0) is 39.2. The molecule has 3 rings (SSSR count). The van der Waals surface area contributed by atoms with Crippen molar-refractivity contribution in [3.63, 3.8) is 0 Å². The topological polar surface area (TPSA) is 147 Å². The van der Waals surface area contributed by atoms with Gasteiger partial charge in [-0.05, 0) is 76.4 Å². The highest BCUT2D eigenvalue weighted by molar-refractivity contribution is 7.09. The second kappa shape index (κ2) is 21.2. The quantitative estimate of drug-likeness (QED) is 0.166. The SMILES string of the molecule is CCOC(=O)[C@@H](C)C[C@H](Cc1ccccc1)NC(=O)c1csc([C@@H](C[C@H](C(C)C)N(C)C(=O)[C@H](CCC(C)C)NC(=O)[C@H]2CCCN2C)OC(C)=O)n1. The molecule has 12 nitrogen and oxygen atoms in total. The van der Waals surface area contributed by atoms with Gasteiger partial charge in [-0.1, -0.05) is 65.0 Å². The zero-order valence-electron chi connectivity index (χ0n) is 33.1. The van der Waals surface area contributed by atoms with Crippen molar-refractivity contribution in [1.82, 2.24) is 25.4 Å². The molecule has 2 heterocycles. The van der Waals surface area contributed by atoms with E-state index in [1.807, 2.05) is 56.1 Å². The predicted molar refractivity (Wildman–Crippen MR) is 206 cm³/mol. The average Bonchev–Trinajstić information content (AvgIpc) is 3.77. The minimum Gasteiger partial charge on any atom is -0.466 e. The molecule has 0 saturated carbocycles. The molecule has 3 amide bonds.